The Labute approximate surface area is 159 Å². The molecule has 0 saturated heterocycles. The van der Waals surface area contributed by atoms with Gasteiger partial charge in [-0.25, -0.2) is 0 Å². The minimum absolute atomic E-state index is 0.102. The number of amides is 2. The molecule has 3 N–H and O–H groups in total. The summed E-state index contributed by atoms with van der Waals surface area (Å²) in [7, 11) is 0. The van der Waals surface area contributed by atoms with E-state index in [1.807, 2.05) is 24.4 Å². The van der Waals surface area contributed by atoms with Crippen molar-refractivity contribution < 1.29 is 9.59 Å². The molecule has 1 aromatic heterocycles. The average Bonchev–Trinajstić information content (AvgIpc) is 3.11. The Bertz CT molecular complexity index is 913. The molecule has 0 aliphatic carbocycles. The molecule has 2 aromatic carbocycles. The smallest absolute Gasteiger partial charge is 0.251 e. The molecule has 2 amide bonds. The van der Waals surface area contributed by atoms with Crippen LogP contribution in [-0.2, 0) is 6.42 Å². The maximum absolute atomic E-state index is 12.3. The summed E-state index contributed by atoms with van der Waals surface area (Å²) in [5.74, 6) is -0.234. The van der Waals surface area contributed by atoms with Gasteiger partial charge in [0, 0.05) is 41.3 Å². The fourth-order valence-electron chi connectivity index (χ4n) is 3.00. The molecule has 27 heavy (non-hydrogen) atoms. The van der Waals surface area contributed by atoms with Crippen LogP contribution >= 0.6 is 0 Å². The number of fused-ring (bicyclic) bond motifs is 1. The molecule has 3 rings (SSSR count). The molecule has 1 heterocycles. The van der Waals surface area contributed by atoms with Crippen molar-refractivity contribution in [3.63, 3.8) is 0 Å². The summed E-state index contributed by atoms with van der Waals surface area (Å²) in [4.78, 5) is 27.5. The van der Waals surface area contributed by atoms with E-state index in [-0.39, 0.29) is 11.8 Å². The third-order valence-electron chi connectivity index (χ3n) is 4.58. The number of carbonyl (C=O) groups excluding carboxylic acids is 2. The molecule has 0 atom stereocenters. The molecule has 5 nitrogen and oxygen atoms in total. The summed E-state index contributed by atoms with van der Waals surface area (Å²) in [5, 5.41) is 7.00. The van der Waals surface area contributed by atoms with Gasteiger partial charge >= 0.3 is 0 Å². The van der Waals surface area contributed by atoms with Crippen LogP contribution in [0.5, 0.6) is 0 Å². The zero-order chi connectivity index (χ0) is 19.1. The van der Waals surface area contributed by atoms with Gasteiger partial charge in [0.25, 0.3) is 11.8 Å². The van der Waals surface area contributed by atoms with Gasteiger partial charge in [0.2, 0.25) is 0 Å². The number of rotatable bonds is 8. The van der Waals surface area contributed by atoms with Gasteiger partial charge in [0.1, 0.15) is 0 Å². The summed E-state index contributed by atoms with van der Waals surface area (Å²) in [6.45, 7) is 3.31. The SMILES string of the molecule is CCCCNC(=O)c1ccc(C(=O)NCCc2c[nH]c3ccccc23)cc1. The lowest BCUT2D eigenvalue weighted by atomic mass is 10.1. The lowest BCUT2D eigenvalue weighted by Gasteiger charge is -2.07. The second-order valence-electron chi connectivity index (χ2n) is 6.55. The zero-order valence-corrected chi connectivity index (χ0v) is 15.5. The number of aromatic amines is 1. The standard InChI is InChI=1S/C22H25N3O2/c1-2-3-13-23-21(26)16-8-10-17(11-9-16)22(27)24-14-12-18-15-25-20-7-5-4-6-19(18)20/h4-11,15,25H,2-3,12-14H2,1H3,(H,23,26)(H,24,27). The van der Waals surface area contributed by atoms with Crippen LogP contribution in [0.15, 0.2) is 54.7 Å². The van der Waals surface area contributed by atoms with E-state index in [4.69, 9.17) is 0 Å². The van der Waals surface area contributed by atoms with Crippen LogP contribution in [0.1, 0.15) is 46.0 Å². The van der Waals surface area contributed by atoms with E-state index in [9.17, 15) is 9.59 Å². The first-order valence-corrected chi connectivity index (χ1v) is 9.40. The van der Waals surface area contributed by atoms with E-state index in [2.05, 4.69) is 28.6 Å². The third kappa shape index (κ3) is 4.76. The summed E-state index contributed by atoms with van der Waals surface area (Å²) in [6.07, 6.45) is 4.75. The Balaban J connectivity index is 1.51. The van der Waals surface area contributed by atoms with Crippen LogP contribution in [0.2, 0.25) is 0 Å². The van der Waals surface area contributed by atoms with Gasteiger partial charge in [-0.1, -0.05) is 31.5 Å². The Morgan fingerprint density at radius 3 is 2.19 bits per heavy atom. The Hall–Kier alpha value is -3.08. The van der Waals surface area contributed by atoms with E-state index in [1.165, 1.54) is 10.9 Å². The number of hydrogen-bond acceptors (Lipinski definition) is 2. The van der Waals surface area contributed by atoms with Crippen molar-refractivity contribution in [3.8, 4) is 0 Å². The van der Waals surface area contributed by atoms with Gasteiger partial charge in [-0.3, -0.25) is 9.59 Å². The van der Waals surface area contributed by atoms with Crippen LogP contribution in [0.4, 0.5) is 0 Å². The number of benzene rings is 2. The predicted molar refractivity (Wildman–Crippen MR) is 108 cm³/mol. The second kappa shape index (κ2) is 9.03. The Kier molecular flexibility index (Phi) is 6.26. The van der Waals surface area contributed by atoms with Crippen LogP contribution in [0.3, 0.4) is 0 Å². The van der Waals surface area contributed by atoms with Crippen LogP contribution in [0, 0.1) is 0 Å². The van der Waals surface area contributed by atoms with Crippen molar-refractivity contribution in [2.24, 2.45) is 0 Å². The minimum atomic E-state index is -0.132. The van der Waals surface area contributed by atoms with E-state index < -0.39 is 0 Å². The van der Waals surface area contributed by atoms with Gasteiger partial charge < -0.3 is 15.6 Å². The highest BCUT2D eigenvalue weighted by Gasteiger charge is 2.09. The molecule has 0 saturated carbocycles. The second-order valence-corrected chi connectivity index (χ2v) is 6.55. The number of para-hydroxylation sites is 1. The summed E-state index contributed by atoms with van der Waals surface area (Å²) in [5.41, 5.74) is 3.41. The van der Waals surface area contributed by atoms with Crippen LogP contribution in [-0.4, -0.2) is 29.9 Å². The molecule has 0 aliphatic rings. The number of unbranched alkanes of at least 4 members (excludes halogenated alkanes) is 1. The predicted octanol–water partition coefficient (Wildman–Crippen LogP) is 3.67. The van der Waals surface area contributed by atoms with Crippen molar-refractivity contribution >= 4 is 22.7 Å². The van der Waals surface area contributed by atoms with E-state index in [0.717, 1.165) is 24.8 Å². The Morgan fingerprint density at radius 1 is 0.889 bits per heavy atom. The number of nitrogens with one attached hydrogen (secondary N) is 3. The van der Waals surface area contributed by atoms with Crippen molar-refractivity contribution in [3.05, 3.63) is 71.4 Å². The highest BCUT2D eigenvalue weighted by atomic mass is 16.2. The fraction of sp³-hybridized carbons (Fsp3) is 0.273. The average molecular weight is 363 g/mol. The summed E-state index contributed by atoms with van der Waals surface area (Å²) in [6, 6.07) is 14.9. The van der Waals surface area contributed by atoms with Crippen molar-refractivity contribution in [2.75, 3.05) is 13.1 Å². The monoisotopic (exact) mass is 363 g/mol. The van der Waals surface area contributed by atoms with Gasteiger partial charge in [0.15, 0.2) is 0 Å². The van der Waals surface area contributed by atoms with Gasteiger partial charge in [-0.05, 0) is 48.7 Å². The molecule has 140 valence electrons. The summed E-state index contributed by atoms with van der Waals surface area (Å²) >= 11 is 0. The molecule has 0 radical (unpaired) electrons. The first kappa shape index (κ1) is 18.7. The Morgan fingerprint density at radius 2 is 1.52 bits per heavy atom. The highest BCUT2D eigenvalue weighted by molar-refractivity contribution is 5.97. The summed E-state index contributed by atoms with van der Waals surface area (Å²) < 4.78 is 0. The number of aromatic nitrogens is 1. The highest BCUT2D eigenvalue weighted by Crippen LogP contribution is 2.17. The van der Waals surface area contributed by atoms with E-state index in [1.54, 1.807) is 24.3 Å². The molecule has 0 unspecified atom stereocenters. The van der Waals surface area contributed by atoms with E-state index >= 15 is 0 Å². The van der Waals surface area contributed by atoms with Crippen molar-refractivity contribution in [1.82, 2.24) is 15.6 Å². The van der Waals surface area contributed by atoms with Crippen molar-refractivity contribution in [1.29, 1.82) is 0 Å². The first-order chi connectivity index (χ1) is 13.2. The maximum Gasteiger partial charge on any atom is 0.251 e. The topological polar surface area (TPSA) is 74.0 Å². The largest absolute Gasteiger partial charge is 0.361 e. The normalized spacial score (nSPS) is 10.7. The fourth-order valence-corrected chi connectivity index (χ4v) is 3.00. The number of hydrogen-bond donors (Lipinski definition) is 3. The first-order valence-electron chi connectivity index (χ1n) is 9.40. The third-order valence-corrected chi connectivity index (χ3v) is 4.58. The molecule has 0 aliphatic heterocycles. The van der Waals surface area contributed by atoms with Crippen LogP contribution < -0.4 is 10.6 Å². The zero-order valence-electron chi connectivity index (χ0n) is 15.5. The number of carbonyl (C=O) groups is 2. The molecular formula is C22H25N3O2. The molecule has 0 bridgehead atoms. The maximum atomic E-state index is 12.3. The lowest BCUT2D eigenvalue weighted by molar-refractivity contribution is 0.0941. The molecule has 0 fully saturated rings. The molecule has 0 spiro atoms. The quantitative estimate of drug-likeness (QED) is 0.534. The molecule has 3 aromatic rings. The van der Waals surface area contributed by atoms with Gasteiger partial charge in [-0.2, -0.15) is 0 Å². The number of H-pyrrole nitrogens is 1. The molecular weight excluding hydrogens is 338 g/mol. The van der Waals surface area contributed by atoms with Crippen molar-refractivity contribution in [2.45, 2.75) is 26.2 Å². The lowest BCUT2D eigenvalue weighted by Crippen LogP contribution is -2.26. The van der Waals surface area contributed by atoms with Gasteiger partial charge in [0.05, 0.1) is 0 Å². The van der Waals surface area contributed by atoms with E-state index in [0.29, 0.717) is 24.2 Å². The van der Waals surface area contributed by atoms with Gasteiger partial charge in [-0.15, -0.1) is 0 Å². The van der Waals surface area contributed by atoms with Crippen LogP contribution in [0.25, 0.3) is 10.9 Å². The minimum Gasteiger partial charge on any atom is -0.361 e. The molecule has 5 heteroatoms.